The minimum absolute atomic E-state index is 0.100. The molecular weight excluding hydrogens is 292 g/mol. The summed E-state index contributed by atoms with van der Waals surface area (Å²) >= 11 is 0. The molecule has 0 unspecified atom stereocenters. The number of fused-ring (bicyclic) bond motifs is 1. The van der Waals surface area contributed by atoms with E-state index < -0.39 is 0 Å². The molecule has 0 saturated carbocycles. The Balaban J connectivity index is 1.55. The van der Waals surface area contributed by atoms with Gasteiger partial charge in [0.15, 0.2) is 11.5 Å². The molecule has 1 fully saturated rings. The third kappa shape index (κ3) is 3.59. The molecular formula is C18H22N2O3. The average molecular weight is 314 g/mol. The van der Waals surface area contributed by atoms with Crippen molar-refractivity contribution in [3.63, 3.8) is 0 Å². The Labute approximate surface area is 137 Å². The SMILES string of the molecule is C#CCN1CCC(C(=O)N(C)Cc2ccc3c(c2)OCO3)CC1. The quantitative estimate of drug-likeness (QED) is 0.794. The third-order valence-corrected chi connectivity index (χ3v) is 4.48. The van der Waals surface area contributed by atoms with Gasteiger partial charge >= 0.3 is 0 Å². The van der Waals surface area contributed by atoms with Gasteiger partial charge in [-0.3, -0.25) is 9.69 Å². The molecule has 2 heterocycles. The van der Waals surface area contributed by atoms with Crippen LogP contribution in [0.25, 0.3) is 0 Å². The van der Waals surface area contributed by atoms with Crippen LogP contribution in [0.2, 0.25) is 0 Å². The van der Waals surface area contributed by atoms with Crippen molar-refractivity contribution in [2.45, 2.75) is 19.4 Å². The number of rotatable bonds is 4. The van der Waals surface area contributed by atoms with Gasteiger partial charge in [0, 0.05) is 19.5 Å². The molecule has 0 aromatic heterocycles. The highest BCUT2D eigenvalue weighted by Crippen LogP contribution is 2.33. The van der Waals surface area contributed by atoms with Crippen molar-refractivity contribution >= 4 is 5.91 Å². The van der Waals surface area contributed by atoms with Gasteiger partial charge in [-0.1, -0.05) is 12.0 Å². The maximum absolute atomic E-state index is 12.6. The van der Waals surface area contributed by atoms with Gasteiger partial charge in [0.25, 0.3) is 0 Å². The van der Waals surface area contributed by atoms with E-state index in [1.54, 1.807) is 4.90 Å². The Kier molecular flexibility index (Phi) is 4.73. The van der Waals surface area contributed by atoms with E-state index in [4.69, 9.17) is 15.9 Å². The maximum atomic E-state index is 12.6. The van der Waals surface area contributed by atoms with Gasteiger partial charge in [-0.05, 0) is 43.6 Å². The molecule has 23 heavy (non-hydrogen) atoms. The average Bonchev–Trinajstić information content (AvgIpc) is 3.03. The van der Waals surface area contributed by atoms with Crippen molar-refractivity contribution in [1.29, 1.82) is 0 Å². The molecule has 0 radical (unpaired) electrons. The lowest BCUT2D eigenvalue weighted by molar-refractivity contribution is -0.136. The highest BCUT2D eigenvalue weighted by atomic mass is 16.7. The predicted octanol–water partition coefficient (Wildman–Crippen LogP) is 1.72. The first-order chi connectivity index (χ1) is 11.2. The lowest BCUT2D eigenvalue weighted by Crippen LogP contribution is -2.41. The molecule has 3 rings (SSSR count). The summed E-state index contributed by atoms with van der Waals surface area (Å²) in [4.78, 5) is 16.6. The van der Waals surface area contributed by atoms with Gasteiger partial charge in [0.2, 0.25) is 12.7 Å². The first-order valence-corrected chi connectivity index (χ1v) is 7.96. The number of hydrogen-bond donors (Lipinski definition) is 0. The Hall–Kier alpha value is -2.19. The summed E-state index contributed by atoms with van der Waals surface area (Å²) in [6, 6.07) is 5.82. The van der Waals surface area contributed by atoms with Gasteiger partial charge in [0.05, 0.1) is 6.54 Å². The molecule has 122 valence electrons. The number of carbonyl (C=O) groups is 1. The van der Waals surface area contributed by atoms with Crippen molar-refractivity contribution < 1.29 is 14.3 Å². The second-order valence-electron chi connectivity index (χ2n) is 6.14. The first kappa shape index (κ1) is 15.7. The van der Waals surface area contributed by atoms with E-state index in [1.165, 1.54) is 0 Å². The minimum atomic E-state index is 0.100. The van der Waals surface area contributed by atoms with Crippen LogP contribution in [0.4, 0.5) is 0 Å². The molecule has 1 aromatic rings. The maximum Gasteiger partial charge on any atom is 0.231 e. The molecule has 2 aliphatic rings. The van der Waals surface area contributed by atoms with Crippen molar-refractivity contribution in [2.24, 2.45) is 5.92 Å². The number of amides is 1. The lowest BCUT2D eigenvalue weighted by Gasteiger charge is -2.32. The summed E-state index contributed by atoms with van der Waals surface area (Å²) in [5, 5.41) is 0. The Morgan fingerprint density at radius 2 is 2.09 bits per heavy atom. The van der Waals surface area contributed by atoms with Crippen LogP contribution in [-0.4, -0.2) is 49.2 Å². The fourth-order valence-electron chi connectivity index (χ4n) is 3.17. The number of terminal acetylenes is 1. The number of nitrogens with zero attached hydrogens (tertiary/aromatic N) is 2. The summed E-state index contributed by atoms with van der Waals surface area (Å²) in [6.07, 6.45) is 7.10. The topological polar surface area (TPSA) is 42.0 Å². The molecule has 0 spiro atoms. The smallest absolute Gasteiger partial charge is 0.231 e. The molecule has 0 bridgehead atoms. The number of hydrogen-bond acceptors (Lipinski definition) is 4. The fraction of sp³-hybridized carbons (Fsp3) is 0.500. The Morgan fingerprint density at radius 1 is 1.35 bits per heavy atom. The zero-order valence-corrected chi connectivity index (χ0v) is 13.5. The van der Waals surface area contributed by atoms with Crippen LogP contribution in [-0.2, 0) is 11.3 Å². The summed E-state index contributed by atoms with van der Waals surface area (Å²) in [7, 11) is 1.86. The zero-order chi connectivity index (χ0) is 16.2. The van der Waals surface area contributed by atoms with Gasteiger partial charge in [-0.2, -0.15) is 0 Å². The van der Waals surface area contributed by atoms with Crippen LogP contribution >= 0.6 is 0 Å². The standard InChI is InChI=1S/C18H22N2O3/c1-3-8-20-9-6-15(7-10-20)18(21)19(2)12-14-4-5-16-17(11-14)23-13-22-16/h1,4-5,11,15H,6-10,12-13H2,2H3. The Morgan fingerprint density at radius 3 is 2.83 bits per heavy atom. The van der Waals surface area contributed by atoms with Gasteiger partial charge in [0.1, 0.15) is 0 Å². The normalized spacial score (nSPS) is 17.7. The number of benzene rings is 1. The molecule has 0 N–H and O–H groups in total. The minimum Gasteiger partial charge on any atom is -0.454 e. The van der Waals surface area contributed by atoms with E-state index in [-0.39, 0.29) is 18.6 Å². The number of piperidine rings is 1. The van der Waals surface area contributed by atoms with E-state index in [1.807, 2.05) is 25.2 Å². The van der Waals surface area contributed by atoms with Crippen molar-refractivity contribution in [3.8, 4) is 23.8 Å². The summed E-state index contributed by atoms with van der Waals surface area (Å²) in [5.41, 5.74) is 1.05. The lowest BCUT2D eigenvalue weighted by atomic mass is 9.95. The molecule has 1 aromatic carbocycles. The van der Waals surface area contributed by atoms with Crippen LogP contribution in [0.5, 0.6) is 11.5 Å². The van der Waals surface area contributed by atoms with Crippen LogP contribution in [0.3, 0.4) is 0 Å². The van der Waals surface area contributed by atoms with Gasteiger partial charge in [-0.25, -0.2) is 0 Å². The third-order valence-electron chi connectivity index (χ3n) is 4.48. The van der Waals surface area contributed by atoms with Gasteiger partial charge < -0.3 is 14.4 Å². The van der Waals surface area contributed by atoms with E-state index in [0.717, 1.165) is 43.0 Å². The summed E-state index contributed by atoms with van der Waals surface area (Å²) in [5.74, 6) is 4.50. The summed E-state index contributed by atoms with van der Waals surface area (Å²) < 4.78 is 10.7. The highest BCUT2D eigenvalue weighted by Gasteiger charge is 2.27. The van der Waals surface area contributed by atoms with Crippen LogP contribution in [0.15, 0.2) is 18.2 Å². The van der Waals surface area contributed by atoms with Gasteiger partial charge in [-0.15, -0.1) is 6.42 Å². The van der Waals surface area contributed by atoms with E-state index in [2.05, 4.69) is 10.8 Å². The second-order valence-corrected chi connectivity index (χ2v) is 6.14. The van der Waals surface area contributed by atoms with Crippen LogP contribution in [0.1, 0.15) is 18.4 Å². The summed E-state index contributed by atoms with van der Waals surface area (Å²) in [6.45, 7) is 3.33. The predicted molar refractivity (Wildman–Crippen MR) is 87.0 cm³/mol. The molecule has 0 atom stereocenters. The first-order valence-electron chi connectivity index (χ1n) is 7.96. The molecule has 5 heteroatoms. The van der Waals surface area contributed by atoms with E-state index in [9.17, 15) is 4.79 Å². The van der Waals surface area contributed by atoms with Crippen LogP contribution < -0.4 is 9.47 Å². The molecule has 0 aliphatic carbocycles. The molecule has 5 nitrogen and oxygen atoms in total. The largest absolute Gasteiger partial charge is 0.454 e. The number of ether oxygens (including phenoxy) is 2. The van der Waals surface area contributed by atoms with E-state index in [0.29, 0.717) is 13.1 Å². The monoisotopic (exact) mass is 314 g/mol. The second kappa shape index (κ2) is 6.93. The van der Waals surface area contributed by atoms with Crippen molar-refractivity contribution in [3.05, 3.63) is 23.8 Å². The molecule has 2 aliphatic heterocycles. The Bertz CT molecular complexity index is 615. The van der Waals surface area contributed by atoms with Crippen molar-refractivity contribution in [1.82, 2.24) is 9.80 Å². The zero-order valence-electron chi connectivity index (χ0n) is 13.5. The fourth-order valence-corrected chi connectivity index (χ4v) is 3.17. The van der Waals surface area contributed by atoms with Crippen LogP contribution in [0, 0.1) is 18.3 Å². The number of likely N-dealkylation sites (tertiary alicyclic amines) is 1. The van der Waals surface area contributed by atoms with Crippen molar-refractivity contribution in [2.75, 3.05) is 33.5 Å². The molecule has 1 saturated heterocycles. The highest BCUT2D eigenvalue weighted by molar-refractivity contribution is 5.78. The molecule has 1 amide bonds. The van der Waals surface area contributed by atoms with E-state index >= 15 is 0 Å². The number of carbonyl (C=O) groups excluding carboxylic acids is 1.